The molecule has 0 heterocycles. The second-order valence-corrected chi connectivity index (χ2v) is 5.54. The minimum Gasteiger partial charge on any atom is -0.496 e. The van der Waals surface area contributed by atoms with Crippen LogP contribution in [0.2, 0.25) is 5.02 Å². The van der Waals surface area contributed by atoms with E-state index < -0.39 is 0 Å². The number of nitrogens with one attached hydrogen (secondary N) is 1. The van der Waals surface area contributed by atoms with Gasteiger partial charge < -0.3 is 15.8 Å². The molecule has 0 saturated heterocycles. The van der Waals surface area contributed by atoms with Gasteiger partial charge in [-0.25, -0.2) is 0 Å². The largest absolute Gasteiger partial charge is 0.496 e. The minimum atomic E-state index is 0.167. The van der Waals surface area contributed by atoms with E-state index in [1.165, 1.54) is 0 Å². The molecule has 0 radical (unpaired) electrons. The molecular formula is C14H21ClN2O. The highest BCUT2D eigenvalue weighted by molar-refractivity contribution is 6.31. The highest BCUT2D eigenvalue weighted by atomic mass is 35.5. The monoisotopic (exact) mass is 268 g/mol. The van der Waals surface area contributed by atoms with E-state index in [1.54, 1.807) is 7.11 Å². The third-order valence-corrected chi connectivity index (χ3v) is 4.43. The minimum absolute atomic E-state index is 0.167. The van der Waals surface area contributed by atoms with Crippen molar-refractivity contribution in [2.24, 2.45) is 11.1 Å². The van der Waals surface area contributed by atoms with Gasteiger partial charge in [-0.15, -0.1) is 0 Å². The topological polar surface area (TPSA) is 47.3 Å². The van der Waals surface area contributed by atoms with E-state index in [4.69, 9.17) is 22.1 Å². The lowest BCUT2D eigenvalue weighted by Crippen LogP contribution is -2.32. The van der Waals surface area contributed by atoms with Gasteiger partial charge >= 0.3 is 0 Å². The summed E-state index contributed by atoms with van der Waals surface area (Å²) >= 11 is 6.24. The van der Waals surface area contributed by atoms with Gasteiger partial charge in [-0.2, -0.15) is 0 Å². The second-order valence-electron chi connectivity index (χ2n) is 5.13. The van der Waals surface area contributed by atoms with Gasteiger partial charge in [-0.05, 0) is 51.1 Å². The van der Waals surface area contributed by atoms with Crippen LogP contribution >= 0.6 is 11.6 Å². The van der Waals surface area contributed by atoms with Crippen LogP contribution in [0, 0.1) is 12.3 Å². The van der Waals surface area contributed by atoms with Crippen molar-refractivity contribution in [2.45, 2.75) is 25.8 Å². The van der Waals surface area contributed by atoms with Crippen molar-refractivity contribution >= 4 is 11.6 Å². The molecule has 1 saturated carbocycles. The summed E-state index contributed by atoms with van der Waals surface area (Å²) in [5.41, 5.74) is 8.24. The van der Waals surface area contributed by atoms with Gasteiger partial charge in [0.2, 0.25) is 0 Å². The predicted octanol–water partition coefficient (Wildman–Crippen LogP) is 2.66. The van der Waals surface area contributed by atoms with Gasteiger partial charge in [0.1, 0.15) is 5.75 Å². The molecule has 1 aliphatic carbocycles. The first-order valence-corrected chi connectivity index (χ1v) is 6.67. The molecule has 1 atom stereocenters. The Bertz CT molecular complexity index is 444. The van der Waals surface area contributed by atoms with Crippen molar-refractivity contribution in [2.75, 3.05) is 20.7 Å². The fourth-order valence-corrected chi connectivity index (χ4v) is 2.81. The molecule has 1 fully saturated rings. The number of aryl methyl sites for hydroxylation is 1. The first-order chi connectivity index (χ1) is 8.57. The van der Waals surface area contributed by atoms with Crippen LogP contribution in [0.1, 0.15) is 30.0 Å². The van der Waals surface area contributed by atoms with Gasteiger partial charge in [0.25, 0.3) is 0 Å². The number of nitrogens with two attached hydrogens (primary N) is 1. The van der Waals surface area contributed by atoms with E-state index in [0.29, 0.717) is 6.54 Å². The van der Waals surface area contributed by atoms with Gasteiger partial charge in [0.05, 0.1) is 7.11 Å². The van der Waals surface area contributed by atoms with Crippen LogP contribution < -0.4 is 15.8 Å². The SMILES string of the molecule is CNC(c1cc(Cl)c(C)cc1OC)C1(CN)CC1. The lowest BCUT2D eigenvalue weighted by atomic mass is 9.89. The fraction of sp³-hybridized carbons (Fsp3) is 0.571. The predicted molar refractivity (Wildman–Crippen MR) is 75.3 cm³/mol. The van der Waals surface area contributed by atoms with Gasteiger partial charge in [0, 0.05) is 22.0 Å². The normalized spacial score (nSPS) is 18.5. The molecule has 0 spiro atoms. The highest BCUT2D eigenvalue weighted by Gasteiger charge is 2.49. The Morgan fingerprint density at radius 3 is 2.61 bits per heavy atom. The maximum Gasteiger partial charge on any atom is 0.124 e. The lowest BCUT2D eigenvalue weighted by Gasteiger charge is -2.28. The average molecular weight is 269 g/mol. The first-order valence-electron chi connectivity index (χ1n) is 6.29. The van der Waals surface area contributed by atoms with E-state index in [-0.39, 0.29) is 11.5 Å². The molecule has 4 heteroatoms. The summed E-state index contributed by atoms with van der Waals surface area (Å²) in [6.07, 6.45) is 2.31. The number of methoxy groups -OCH3 is 1. The number of benzene rings is 1. The highest BCUT2D eigenvalue weighted by Crippen LogP contribution is 2.55. The molecule has 0 bridgehead atoms. The van der Waals surface area contributed by atoms with Crippen LogP contribution in [0.25, 0.3) is 0 Å². The van der Waals surface area contributed by atoms with E-state index in [1.807, 2.05) is 26.1 Å². The van der Waals surface area contributed by atoms with Crippen molar-refractivity contribution < 1.29 is 4.74 Å². The molecule has 1 unspecified atom stereocenters. The molecule has 2 rings (SSSR count). The average Bonchev–Trinajstić information content (AvgIpc) is 3.15. The fourth-order valence-electron chi connectivity index (χ4n) is 2.64. The summed E-state index contributed by atoms with van der Waals surface area (Å²) in [5.74, 6) is 0.885. The van der Waals surface area contributed by atoms with E-state index in [2.05, 4.69) is 5.32 Å². The summed E-state index contributed by atoms with van der Waals surface area (Å²) in [7, 11) is 3.66. The molecule has 0 amide bonds. The Morgan fingerprint density at radius 2 is 2.17 bits per heavy atom. The smallest absolute Gasteiger partial charge is 0.124 e. The Labute approximate surface area is 114 Å². The number of hydrogen-bond acceptors (Lipinski definition) is 3. The molecule has 1 aromatic rings. The maximum absolute atomic E-state index is 6.24. The van der Waals surface area contributed by atoms with E-state index in [0.717, 1.165) is 34.7 Å². The summed E-state index contributed by atoms with van der Waals surface area (Å²) in [5, 5.41) is 4.15. The maximum atomic E-state index is 6.24. The zero-order chi connectivity index (χ0) is 13.3. The standard InChI is InChI=1S/C14H21ClN2O/c1-9-6-12(18-3)10(7-11(9)15)13(17-2)14(8-16)4-5-14/h6-7,13,17H,4-5,8,16H2,1-3H3. The molecule has 18 heavy (non-hydrogen) atoms. The van der Waals surface area contributed by atoms with Crippen LogP contribution in [0.4, 0.5) is 0 Å². The molecule has 100 valence electrons. The lowest BCUT2D eigenvalue weighted by molar-refractivity contribution is 0.343. The van der Waals surface area contributed by atoms with Crippen LogP contribution in [0.15, 0.2) is 12.1 Å². The third kappa shape index (κ3) is 2.22. The van der Waals surface area contributed by atoms with Crippen molar-refractivity contribution in [1.29, 1.82) is 0 Å². The van der Waals surface area contributed by atoms with Crippen molar-refractivity contribution in [3.63, 3.8) is 0 Å². The molecule has 0 aromatic heterocycles. The molecular weight excluding hydrogens is 248 g/mol. The molecule has 1 aromatic carbocycles. The Kier molecular flexibility index (Phi) is 3.85. The Hall–Kier alpha value is -0.770. The van der Waals surface area contributed by atoms with E-state index >= 15 is 0 Å². The molecule has 1 aliphatic rings. The van der Waals surface area contributed by atoms with Crippen molar-refractivity contribution in [3.8, 4) is 5.75 Å². The van der Waals surface area contributed by atoms with Crippen LogP contribution in [-0.4, -0.2) is 20.7 Å². The molecule has 3 N–H and O–H groups in total. The van der Waals surface area contributed by atoms with Crippen molar-refractivity contribution in [1.82, 2.24) is 5.32 Å². The first kappa shape index (κ1) is 13.7. The summed E-state index contributed by atoms with van der Waals surface area (Å²) in [4.78, 5) is 0. The third-order valence-electron chi connectivity index (χ3n) is 4.02. The van der Waals surface area contributed by atoms with Crippen LogP contribution in [0.5, 0.6) is 5.75 Å². The van der Waals surface area contributed by atoms with Crippen LogP contribution in [-0.2, 0) is 0 Å². The Balaban J connectivity index is 2.45. The zero-order valence-electron chi connectivity index (χ0n) is 11.2. The van der Waals surface area contributed by atoms with Gasteiger partial charge in [-0.1, -0.05) is 11.6 Å². The van der Waals surface area contributed by atoms with Gasteiger partial charge in [0.15, 0.2) is 0 Å². The van der Waals surface area contributed by atoms with E-state index in [9.17, 15) is 0 Å². The summed E-state index contributed by atoms with van der Waals surface area (Å²) in [6.45, 7) is 2.67. The number of ether oxygens (including phenoxy) is 1. The molecule has 3 nitrogen and oxygen atoms in total. The zero-order valence-corrected chi connectivity index (χ0v) is 12.0. The molecule has 0 aliphatic heterocycles. The number of hydrogen-bond donors (Lipinski definition) is 2. The quantitative estimate of drug-likeness (QED) is 0.863. The van der Waals surface area contributed by atoms with Crippen molar-refractivity contribution in [3.05, 3.63) is 28.3 Å². The Morgan fingerprint density at radius 1 is 1.50 bits per heavy atom. The number of halogens is 1. The van der Waals surface area contributed by atoms with Gasteiger partial charge in [-0.3, -0.25) is 0 Å². The summed E-state index contributed by atoms with van der Waals surface area (Å²) in [6, 6.07) is 4.21. The number of rotatable bonds is 5. The summed E-state index contributed by atoms with van der Waals surface area (Å²) < 4.78 is 5.49. The van der Waals surface area contributed by atoms with Crippen LogP contribution in [0.3, 0.4) is 0 Å². The second kappa shape index (κ2) is 5.08.